The van der Waals surface area contributed by atoms with E-state index in [1.807, 2.05) is 12.1 Å². The molecule has 0 aliphatic heterocycles. The molecule has 0 fully saturated rings. The molecule has 0 aromatic heterocycles. The Balaban J connectivity index is 3.37. The van der Waals surface area contributed by atoms with Gasteiger partial charge in [0.1, 0.15) is 0 Å². The van der Waals surface area contributed by atoms with Crippen LogP contribution in [0.4, 0.5) is 5.69 Å². The summed E-state index contributed by atoms with van der Waals surface area (Å²) in [7, 11) is 0. The number of benzene rings is 1. The SMILES string of the molecule is CC(=O)c1cc(I)cc(N)c1Br. The standard InChI is InChI=1S/C8H7BrINO/c1-4(12)6-2-5(10)3-7(11)8(6)9/h2-3H,11H2,1H3. The van der Waals surface area contributed by atoms with Crippen LogP contribution in [0.15, 0.2) is 16.6 Å². The molecule has 1 aromatic carbocycles. The topological polar surface area (TPSA) is 43.1 Å². The van der Waals surface area contributed by atoms with Gasteiger partial charge in [0.25, 0.3) is 0 Å². The Kier molecular flexibility index (Phi) is 3.11. The summed E-state index contributed by atoms with van der Waals surface area (Å²) in [5.74, 6) is 0.0205. The summed E-state index contributed by atoms with van der Waals surface area (Å²) >= 11 is 5.39. The lowest BCUT2D eigenvalue weighted by Gasteiger charge is -2.04. The maximum atomic E-state index is 11.1. The van der Waals surface area contributed by atoms with E-state index >= 15 is 0 Å². The zero-order valence-electron chi connectivity index (χ0n) is 6.40. The first-order valence-electron chi connectivity index (χ1n) is 3.28. The van der Waals surface area contributed by atoms with Crippen LogP contribution in [0.3, 0.4) is 0 Å². The van der Waals surface area contributed by atoms with Gasteiger partial charge in [-0.2, -0.15) is 0 Å². The number of carbonyl (C=O) groups excluding carboxylic acids is 1. The molecule has 0 bridgehead atoms. The van der Waals surface area contributed by atoms with E-state index in [1.54, 1.807) is 0 Å². The van der Waals surface area contributed by atoms with Crippen molar-refractivity contribution >= 4 is 50.0 Å². The Morgan fingerprint density at radius 2 is 2.17 bits per heavy atom. The first kappa shape index (κ1) is 9.98. The van der Waals surface area contributed by atoms with Crippen LogP contribution >= 0.6 is 38.5 Å². The van der Waals surface area contributed by atoms with Crippen molar-refractivity contribution in [1.29, 1.82) is 0 Å². The Bertz CT molecular complexity index is 338. The van der Waals surface area contributed by atoms with Gasteiger partial charge in [-0.1, -0.05) is 0 Å². The van der Waals surface area contributed by atoms with Crippen molar-refractivity contribution in [2.45, 2.75) is 6.92 Å². The second kappa shape index (κ2) is 3.74. The van der Waals surface area contributed by atoms with Crippen LogP contribution in [0.25, 0.3) is 0 Å². The first-order chi connectivity index (χ1) is 5.52. The Morgan fingerprint density at radius 3 is 2.67 bits per heavy atom. The predicted octanol–water partition coefficient (Wildman–Crippen LogP) is 2.84. The van der Waals surface area contributed by atoms with Gasteiger partial charge < -0.3 is 5.73 Å². The lowest BCUT2D eigenvalue weighted by atomic mass is 10.1. The fourth-order valence-corrected chi connectivity index (χ4v) is 2.02. The van der Waals surface area contributed by atoms with Gasteiger partial charge in [0.15, 0.2) is 5.78 Å². The molecular weight excluding hydrogens is 333 g/mol. The maximum Gasteiger partial charge on any atom is 0.161 e. The Morgan fingerprint density at radius 1 is 1.58 bits per heavy atom. The minimum atomic E-state index is 0.0205. The molecule has 0 unspecified atom stereocenters. The van der Waals surface area contributed by atoms with E-state index in [2.05, 4.69) is 38.5 Å². The van der Waals surface area contributed by atoms with Crippen molar-refractivity contribution in [3.05, 3.63) is 25.7 Å². The van der Waals surface area contributed by atoms with Gasteiger partial charge in [-0.25, -0.2) is 0 Å². The quantitative estimate of drug-likeness (QED) is 0.485. The van der Waals surface area contributed by atoms with E-state index in [9.17, 15) is 4.79 Å². The van der Waals surface area contributed by atoms with Crippen molar-refractivity contribution in [2.75, 3.05) is 5.73 Å². The molecule has 0 aliphatic rings. The molecule has 4 heteroatoms. The number of nitrogen functional groups attached to an aromatic ring is 1. The fourth-order valence-electron chi connectivity index (χ4n) is 0.867. The molecule has 2 nitrogen and oxygen atoms in total. The molecule has 1 rings (SSSR count). The van der Waals surface area contributed by atoms with Gasteiger partial charge in [-0.3, -0.25) is 4.79 Å². The number of hydrogen-bond acceptors (Lipinski definition) is 2. The van der Waals surface area contributed by atoms with Crippen molar-refractivity contribution in [3.63, 3.8) is 0 Å². The third-order valence-corrected chi connectivity index (χ3v) is 2.95. The van der Waals surface area contributed by atoms with Crippen molar-refractivity contribution in [2.24, 2.45) is 0 Å². The van der Waals surface area contributed by atoms with Crippen LogP contribution in [0, 0.1) is 3.57 Å². The molecule has 0 atom stereocenters. The highest BCUT2D eigenvalue weighted by Crippen LogP contribution is 2.26. The summed E-state index contributed by atoms with van der Waals surface area (Å²) < 4.78 is 1.66. The van der Waals surface area contributed by atoms with Crippen LogP contribution in [0.1, 0.15) is 17.3 Å². The predicted molar refractivity (Wildman–Crippen MR) is 61.3 cm³/mol. The fraction of sp³-hybridized carbons (Fsp3) is 0.125. The number of carbonyl (C=O) groups is 1. The van der Waals surface area contributed by atoms with Gasteiger partial charge in [0.2, 0.25) is 0 Å². The van der Waals surface area contributed by atoms with E-state index in [-0.39, 0.29) is 5.78 Å². The summed E-state index contributed by atoms with van der Waals surface area (Å²) in [6.45, 7) is 1.52. The molecular formula is C8H7BrINO. The number of anilines is 1. The minimum absolute atomic E-state index is 0.0205. The number of Topliss-reactive ketones (excluding diaryl/α,β-unsaturated/α-hetero) is 1. The van der Waals surface area contributed by atoms with E-state index in [1.165, 1.54) is 6.92 Å². The van der Waals surface area contributed by atoms with Gasteiger partial charge in [0.05, 0.1) is 4.47 Å². The molecule has 0 heterocycles. The normalized spacial score (nSPS) is 9.92. The zero-order valence-corrected chi connectivity index (χ0v) is 10.1. The number of halogens is 2. The molecule has 0 aliphatic carbocycles. The summed E-state index contributed by atoms with van der Waals surface area (Å²) in [6.07, 6.45) is 0. The minimum Gasteiger partial charge on any atom is -0.398 e. The Labute approximate surface area is 92.8 Å². The summed E-state index contributed by atoms with van der Waals surface area (Å²) in [4.78, 5) is 11.1. The van der Waals surface area contributed by atoms with Crippen LogP contribution in [0.5, 0.6) is 0 Å². The van der Waals surface area contributed by atoms with Crippen molar-refractivity contribution in [3.8, 4) is 0 Å². The van der Waals surface area contributed by atoms with Crippen molar-refractivity contribution in [1.82, 2.24) is 0 Å². The number of nitrogens with two attached hydrogens (primary N) is 1. The molecule has 12 heavy (non-hydrogen) atoms. The summed E-state index contributed by atoms with van der Waals surface area (Å²) in [5, 5.41) is 0. The average Bonchev–Trinajstić information content (AvgIpc) is 1.96. The van der Waals surface area contributed by atoms with Gasteiger partial charge in [-0.15, -0.1) is 0 Å². The second-order valence-corrected chi connectivity index (χ2v) is 4.45. The zero-order chi connectivity index (χ0) is 9.30. The maximum absolute atomic E-state index is 11.1. The first-order valence-corrected chi connectivity index (χ1v) is 5.15. The summed E-state index contributed by atoms with van der Waals surface area (Å²) in [5.41, 5.74) is 6.90. The second-order valence-electron chi connectivity index (χ2n) is 2.41. The highest BCUT2D eigenvalue weighted by Gasteiger charge is 2.08. The van der Waals surface area contributed by atoms with Crippen LogP contribution in [-0.4, -0.2) is 5.78 Å². The molecule has 0 amide bonds. The van der Waals surface area contributed by atoms with Crippen LogP contribution in [0.2, 0.25) is 0 Å². The van der Waals surface area contributed by atoms with Gasteiger partial charge >= 0.3 is 0 Å². The lowest BCUT2D eigenvalue weighted by molar-refractivity contribution is 0.101. The highest BCUT2D eigenvalue weighted by atomic mass is 127. The lowest BCUT2D eigenvalue weighted by Crippen LogP contribution is -1.98. The number of ketones is 1. The average molecular weight is 340 g/mol. The van der Waals surface area contributed by atoms with Gasteiger partial charge in [0, 0.05) is 14.8 Å². The molecule has 0 radical (unpaired) electrons. The van der Waals surface area contributed by atoms with E-state index < -0.39 is 0 Å². The molecule has 2 N–H and O–H groups in total. The third-order valence-electron chi connectivity index (χ3n) is 1.44. The van der Waals surface area contributed by atoms with Crippen LogP contribution in [-0.2, 0) is 0 Å². The number of rotatable bonds is 1. The Hall–Kier alpha value is -0.100. The van der Waals surface area contributed by atoms with E-state index in [0.29, 0.717) is 15.7 Å². The van der Waals surface area contributed by atoms with Crippen LogP contribution < -0.4 is 5.73 Å². The largest absolute Gasteiger partial charge is 0.398 e. The molecule has 0 saturated heterocycles. The molecule has 64 valence electrons. The monoisotopic (exact) mass is 339 g/mol. The molecule has 1 aromatic rings. The highest BCUT2D eigenvalue weighted by molar-refractivity contribution is 14.1. The van der Waals surface area contributed by atoms with Crippen molar-refractivity contribution < 1.29 is 4.79 Å². The van der Waals surface area contributed by atoms with Gasteiger partial charge in [-0.05, 0) is 57.6 Å². The summed E-state index contributed by atoms with van der Waals surface area (Å²) in [6, 6.07) is 3.63. The number of hydrogen-bond donors (Lipinski definition) is 1. The smallest absolute Gasteiger partial charge is 0.161 e. The molecule has 0 saturated carbocycles. The molecule has 0 spiro atoms. The third kappa shape index (κ3) is 1.98. The van der Waals surface area contributed by atoms with E-state index in [4.69, 9.17) is 5.73 Å². The van der Waals surface area contributed by atoms with E-state index in [0.717, 1.165) is 3.57 Å².